The van der Waals surface area contributed by atoms with Gasteiger partial charge < -0.3 is 5.32 Å². The summed E-state index contributed by atoms with van der Waals surface area (Å²) in [6.07, 6.45) is 6.17. The molecular weight excluding hydrogens is 332 g/mol. The first kappa shape index (κ1) is 16.3. The second-order valence-electron chi connectivity index (χ2n) is 5.77. The largest absolute Gasteiger partial charge is 0.325 e. The Balaban J connectivity index is 1.46. The van der Waals surface area contributed by atoms with Crippen molar-refractivity contribution in [3.05, 3.63) is 35.1 Å². The molecule has 1 aromatic heterocycles. The van der Waals surface area contributed by atoms with Crippen LogP contribution in [0.2, 0.25) is 5.02 Å². The van der Waals surface area contributed by atoms with E-state index >= 15 is 0 Å². The van der Waals surface area contributed by atoms with Crippen molar-refractivity contribution >= 4 is 35.0 Å². The van der Waals surface area contributed by atoms with Crippen LogP contribution in [0.4, 0.5) is 5.69 Å². The van der Waals surface area contributed by atoms with Gasteiger partial charge in [-0.15, -0.1) is 5.10 Å². The van der Waals surface area contributed by atoms with Crippen LogP contribution in [0, 0.1) is 5.92 Å². The number of benzene rings is 1. The third-order valence-corrected chi connectivity index (χ3v) is 4.99. The fraction of sp³-hybridized carbons (Fsp3) is 0.438. The van der Waals surface area contributed by atoms with Crippen LogP contribution in [0.5, 0.6) is 0 Å². The van der Waals surface area contributed by atoms with Crippen LogP contribution >= 0.6 is 23.4 Å². The summed E-state index contributed by atoms with van der Waals surface area (Å²) in [5.41, 5.74) is 0.694. The summed E-state index contributed by atoms with van der Waals surface area (Å²) in [5, 5.41) is 11.2. The monoisotopic (exact) mass is 350 g/mol. The Morgan fingerprint density at radius 3 is 3.00 bits per heavy atom. The maximum atomic E-state index is 11.9. The molecule has 0 aliphatic heterocycles. The number of rotatable bonds is 6. The average molecular weight is 351 g/mol. The standard InChI is InChI=1S/C16H19ClN4OS/c17-12-6-3-7-13(9-12)18-15(22)10-23-16-19-14(20-21-16)8-11-4-1-2-5-11/h3,6-7,9,11H,1-2,4-5,8,10H2,(H,18,22)(H,19,20,21). The van der Waals surface area contributed by atoms with Crippen molar-refractivity contribution in [1.29, 1.82) is 0 Å². The van der Waals surface area contributed by atoms with Crippen molar-refractivity contribution in [2.45, 2.75) is 37.3 Å². The molecule has 1 aromatic carbocycles. The van der Waals surface area contributed by atoms with Crippen LogP contribution in [0.3, 0.4) is 0 Å². The summed E-state index contributed by atoms with van der Waals surface area (Å²) in [5.74, 6) is 1.83. The molecule has 1 amide bonds. The predicted molar refractivity (Wildman–Crippen MR) is 92.9 cm³/mol. The lowest BCUT2D eigenvalue weighted by Gasteiger charge is -2.04. The van der Waals surface area contributed by atoms with Gasteiger partial charge in [-0.05, 0) is 24.1 Å². The second kappa shape index (κ2) is 7.84. The Hall–Kier alpha value is -1.53. The topological polar surface area (TPSA) is 70.7 Å². The quantitative estimate of drug-likeness (QED) is 0.774. The fourth-order valence-electron chi connectivity index (χ4n) is 2.81. The fourth-order valence-corrected chi connectivity index (χ4v) is 3.62. The predicted octanol–water partition coefficient (Wildman–Crippen LogP) is 3.92. The zero-order valence-corrected chi connectivity index (χ0v) is 14.3. The highest BCUT2D eigenvalue weighted by molar-refractivity contribution is 7.99. The normalized spacial score (nSPS) is 15.0. The molecule has 0 saturated heterocycles. The van der Waals surface area contributed by atoms with Crippen molar-refractivity contribution in [2.24, 2.45) is 5.92 Å². The molecule has 7 heteroatoms. The SMILES string of the molecule is O=C(CSc1n[nH]c(CC2CCCC2)n1)Nc1cccc(Cl)c1. The number of hydrogen-bond acceptors (Lipinski definition) is 4. The van der Waals surface area contributed by atoms with Gasteiger partial charge in [-0.2, -0.15) is 0 Å². The minimum absolute atomic E-state index is 0.0978. The zero-order valence-electron chi connectivity index (χ0n) is 12.7. The van der Waals surface area contributed by atoms with E-state index in [0.29, 0.717) is 15.9 Å². The van der Waals surface area contributed by atoms with E-state index in [-0.39, 0.29) is 11.7 Å². The average Bonchev–Trinajstić information content (AvgIpc) is 3.18. The number of anilines is 1. The van der Waals surface area contributed by atoms with E-state index in [0.717, 1.165) is 18.2 Å². The molecule has 5 nitrogen and oxygen atoms in total. The summed E-state index contributed by atoms with van der Waals surface area (Å²) < 4.78 is 0. The van der Waals surface area contributed by atoms with Gasteiger partial charge in [0.1, 0.15) is 5.82 Å². The molecule has 3 rings (SSSR count). The highest BCUT2D eigenvalue weighted by Gasteiger charge is 2.17. The maximum absolute atomic E-state index is 11.9. The number of nitrogens with zero attached hydrogens (tertiary/aromatic N) is 2. The zero-order chi connectivity index (χ0) is 16.1. The first-order valence-corrected chi connectivity index (χ1v) is 9.15. The van der Waals surface area contributed by atoms with E-state index in [1.807, 2.05) is 0 Å². The number of carbonyl (C=O) groups is 1. The van der Waals surface area contributed by atoms with Gasteiger partial charge in [0.15, 0.2) is 0 Å². The van der Waals surface area contributed by atoms with Gasteiger partial charge in [-0.3, -0.25) is 9.89 Å². The molecule has 23 heavy (non-hydrogen) atoms. The van der Waals surface area contributed by atoms with Gasteiger partial charge in [-0.1, -0.05) is 55.1 Å². The summed E-state index contributed by atoms with van der Waals surface area (Å²) in [6, 6.07) is 7.10. The van der Waals surface area contributed by atoms with Crippen molar-refractivity contribution in [3.8, 4) is 0 Å². The number of carbonyl (C=O) groups excluding carboxylic acids is 1. The van der Waals surface area contributed by atoms with E-state index < -0.39 is 0 Å². The summed E-state index contributed by atoms with van der Waals surface area (Å²) in [6.45, 7) is 0. The third kappa shape index (κ3) is 4.97. The molecule has 122 valence electrons. The Morgan fingerprint density at radius 1 is 1.39 bits per heavy atom. The van der Waals surface area contributed by atoms with Crippen molar-refractivity contribution < 1.29 is 4.79 Å². The van der Waals surface area contributed by atoms with E-state index in [1.54, 1.807) is 24.3 Å². The molecule has 0 radical (unpaired) electrons. The van der Waals surface area contributed by atoms with Crippen LogP contribution in [0.25, 0.3) is 0 Å². The molecule has 2 aromatic rings. The van der Waals surface area contributed by atoms with Crippen molar-refractivity contribution in [3.63, 3.8) is 0 Å². The molecule has 2 N–H and O–H groups in total. The Bertz CT molecular complexity index is 670. The number of H-pyrrole nitrogens is 1. The maximum Gasteiger partial charge on any atom is 0.234 e. The number of amides is 1. The highest BCUT2D eigenvalue weighted by Crippen LogP contribution is 2.27. The number of thioether (sulfide) groups is 1. The lowest BCUT2D eigenvalue weighted by atomic mass is 10.0. The molecule has 1 fully saturated rings. The van der Waals surface area contributed by atoms with E-state index in [1.165, 1.54) is 37.4 Å². The Labute approximate surface area is 144 Å². The van der Waals surface area contributed by atoms with Crippen molar-refractivity contribution in [1.82, 2.24) is 15.2 Å². The smallest absolute Gasteiger partial charge is 0.234 e. The molecule has 1 heterocycles. The highest BCUT2D eigenvalue weighted by atomic mass is 35.5. The number of aromatic amines is 1. The van der Waals surface area contributed by atoms with Crippen LogP contribution in [-0.2, 0) is 11.2 Å². The summed E-state index contributed by atoms with van der Waals surface area (Å²) >= 11 is 7.23. The third-order valence-electron chi connectivity index (χ3n) is 3.91. The van der Waals surface area contributed by atoms with Crippen molar-refractivity contribution in [2.75, 3.05) is 11.1 Å². The minimum Gasteiger partial charge on any atom is -0.325 e. The molecule has 0 unspecified atom stereocenters. The van der Waals surface area contributed by atoms with Gasteiger partial charge in [-0.25, -0.2) is 4.98 Å². The van der Waals surface area contributed by atoms with E-state index in [4.69, 9.17) is 11.6 Å². The van der Waals surface area contributed by atoms with Gasteiger partial charge in [0.25, 0.3) is 0 Å². The lowest BCUT2D eigenvalue weighted by Crippen LogP contribution is -2.14. The molecule has 0 atom stereocenters. The van der Waals surface area contributed by atoms with E-state index in [2.05, 4.69) is 20.5 Å². The minimum atomic E-state index is -0.0978. The molecule has 0 bridgehead atoms. The second-order valence-corrected chi connectivity index (χ2v) is 7.15. The number of halogens is 1. The van der Waals surface area contributed by atoms with Crippen LogP contribution in [0.1, 0.15) is 31.5 Å². The summed E-state index contributed by atoms with van der Waals surface area (Å²) in [7, 11) is 0. The lowest BCUT2D eigenvalue weighted by molar-refractivity contribution is -0.113. The first-order chi connectivity index (χ1) is 11.2. The van der Waals surface area contributed by atoms with E-state index in [9.17, 15) is 4.79 Å². The van der Waals surface area contributed by atoms with Gasteiger partial charge in [0.2, 0.25) is 11.1 Å². The molecule has 1 aliphatic carbocycles. The van der Waals surface area contributed by atoms with Gasteiger partial charge in [0, 0.05) is 17.1 Å². The number of aromatic nitrogens is 3. The van der Waals surface area contributed by atoms with Crippen LogP contribution in [-0.4, -0.2) is 26.8 Å². The Morgan fingerprint density at radius 2 is 2.22 bits per heavy atom. The van der Waals surface area contributed by atoms with Crippen LogP contribution < -0.4 is 5.32 Å². The molecule has 0 spiro atoms. The molecular formula is C16H19ClN4OS. The van der Waals surface area contributed by atoms with Crippen LogP contribution in [0.15, 0.2) is 29.4 Å². The molecule has 1 saturated carbocycles. The van der Waals surface area contributed by atoms with Gasteiger partial charge in [0.05, 0.1) is 5.75 Å². The van der Waals surface area contributed by atoms with Gasteiger partial charge >= 0.3 is 0 Å². The first-order valence-electron chi connectivity index (χ1n) is 7.78. The number of nitrogens with one attached hydrogen (secondary N) is 2. The number of hydrogen-bond donors (Lipinski definition) is 2. The Kier molecular flexibility index (Phi) is 5.56. The molecule has 1 aliphatic rings. The summed E-state index contributed by atoms with van der Waals surface area (Å²) in [4.78, 5) is 16.4.